The molecule has 0 unspecified atom stereocenters. The van der Waals surface area contributed by atoms with Gasteiger partial charge >= 0.3 is 11.7 Å². The summed E-state index contributed by atoms with van der Waals surface area (Å²) in [6, 6.07) is 7.13. The van der Waals surface area contributed by atoms with Crippen LogP contribution in [0.4, 0.5) is 0 Å². The first-order valence-electron chi connectivity index (χ1n) is 8.32. The van der Waals surface area contributed by atoms with Crippen LogP contribution in [0.2, 0.25) is 0 Å². The molecule has 1 aliphatic heterocycles. The first-order chi connectivity index (χ1) is 11.3. The lowest BCUT2D eigenvalue weighted by molar-refractivity contribution is 0.00695. The average molecular weight is 329 g/mol. The van der Waals surface area contributed by atoms with E-state index in [0.717, 1.165) is 37.2 Å². The molecule has 0 saturated heterocycles. The smallest absolute Gasteiger partial charge is 0.346 e. The van der Waals surface area contributed by atoms with E-state index < -0.39 is 5.60 Å². The van der Waals surface area contributed by atoms with Crippen LogP contribution in [0.1, 0.15) is 55.4 Å². The normalized spacial score (nSPS) is 14.3. The van der Waals surface area contributed by atoms with E-state index in [2.05, 4.69) is 5.10 Å². The molecule has 6 heteroatoms. The summed E-state index contributed by atoms with van der Waals surface area (Å²) < 4.78 is 8.61. The molecular formula is C18H23N3O3. The van der Waals surface area contributed by atoms with Crippen molar-refractivity contribution in [2.75, 3.05) is 0 Å². The molecule has 24 heavy (non-hydrogen) atoms. The van der Waals surface area contributed by atoms with Crippen molar-refractivity contribution in [1.82, 2.24) is 14.3 Å². The number of ether oxygens (including phenoxy) is 1. The molecule has 2 heterocycles. The Kier molecular flexibility index (Phi) is 4.30. The summed E-state index contributed by atoms with van der Waals surface area (Å²) in [7, 11) is 0. The van der Waals surface area contributed by atoms with Crippen LogP contribution in [0, 0.1) is 0 Å². The number of carbonyl (C=O) groups excluding carboxylic acids is 1. The molecule has 128 valence electrons. The Labute approximate surface area is 141 Å². The number of aryl methyl sites for hydroxylation is 1. The van der Waals surface area contributed by atoms with E-state index >= 15 is 0 Å². The number of nitrogens with zero attached hydrogens (tertiary/aromatic N) is 3. The van der Waals surface area contributed by atoms with Crippen LogP contribution < -0.4 is 5.69 Å². The number of fused-ring (bicyclic) bond motifs is 1. The average Bonchev–Trinajstić information content (AvgIpc) is 2.83. The van der Waals surface area contributed by atoms with Gasteiger partial charge in [0.05, 0.1) is 12.1 Å². The van der Waals surface area contributed by atoms with Gasteiger partial charge in [0.1, 0.15) is 11.4 Å². The van der Waals surface area contributed by atoms with Gasteiger partial charge in [0, 0.05) is 13.0 Å². The van der Waals surface area contributed by atoms with Gasteiger partial charge in [-0.1, -0.05) is 12.1 Å². The Bertz CT molecular complexity index is 794. The third kappa shape index (κ3) is 3.58. The number of benzene rings is 1. The lowest BCUT2D eigenvalue weighted by Gasteiger charge is -2.19. The minimum absolute atomic E-state index is 0.0547. The quantitative estimate of drug-likeness (QED) is 0.811. The van der Waals surface area contributed by atoms with Crippen LogP contribution in [0.3, 0.4) is 0 Å². The monoisotopic (exact) mass is 329 g/mol. The second-order valence-electron chi connectivity index (χ2n) is 7.16. The number of aromatic nitrogens is 3. The third-order valence-electron chi connectivity index (χ3n) is 3.95. The third-order valence-corrected chi connectivity index (χ3v) is 3.95. The molecule has 0 aliphatic carbocycles. The Morgan fingerprint density at radius 3 is 2.54 bits per heavy atom. The zero-order valence-electron chi connectivity index (χ0n) is 14.4. The summed E-state index contributed by atoms with van der Waals surface area (Å²) in [5.41, 5.74) is 0.865. The molecule has 2 aromatic rings. The molecule has 0 radical (unpaired) electrons. The zero-order chi connectivity index (χ0) is 17.3. The first-order valence-corrected chi connectivity index (χ1v) is 8.32. The predicted molar refractivity (Wildman–Crippen MR) is 90.1 cm³/mol. The highest BCUT2D eigenvalue weighted by Gasteiger charge is 2.19. The Morgan fingerprint density at radius 2 is 1.92 bits per heavy atom. The van der Waals surface area contributed by atoms with Crippen LogP contribution in [-0.4, -0.2) is 25.9 Å². The highest BCUT2D eigenvalue weighted by atomic mass is 16.6. The van der Waals surface area contributed by atoms with Gasteiger partial charge in [-0.05, 0) is 51.3 Å². The van der Waals surface area contributed by atoms with Crippen molar-refractivity contribution in [3.8, 4) is 0 Å². The van der Waals surface area contributed by atoms with Crippen molar-refractivity contribution >= 4 is 5.97 Å². The van der Waals surface area contributed by atoms with Crippen molar-refractivity contribution in [2.24, 2.45) is 0 Å². The molecule has 1 aromatic heterocycles. The number of hydrogen-bond acceptors (Lipinski definition) is 4. The highest BCUT2D eigenvalue weighted by Crippen LogP contribution is 2.14. The summed E-state index contributed by atoms with van der Waals surface area (Å²) in [5.74, 6) is 0.528. The molecule has 0 fully saturated rings. The maximum absolute atomic E-state index is 12.3. The second kappa shape index (κ2) is 6.26. The molecule has 3 rings (SSSR count). The van der Waals surface area contributed by atoms with Gasteiger partial charge in [0.2, 0.25) is 0 Å². The summed E-state index contributed by atoms with van der Waals surface area (Å²) in [5, 5.41) is 4.43. The molecule has 0 saturated carbocycles. The van der Waals surface area contributed by atoms with E-state index in [-0.39, 0.29) is 11.7 Å². The van der Waals surface area contributed by atoms with E-state index in [4.69, 9.17) is 4.74 Å². The molecule has 0 spiro atoms. The van der Waals surface area contributed by atoms with Crippen molar-refractivity contribution in [2.45, 2.75) is 58.7 Å². The van der Waals surface area contributed by atoms with Crippen molar-refractivity contribution in [1.29, 1.82) is 0 Å². The maximum atomic E-state index is 12.3. The maximum Gasteiger partial charge on any atom is 0.346 e. The van der Waals surface area contributed by atoms with Gasteiger partial charge < -0.3 is 4.74 Å². The van der Waals surface area contributed by atoms with Gasteiger partial charge in [-0.2, -0.15) is 5.10 Å². The van der Waals surface area contributed by atoms with E-state index in [9.17, 15) is 9.59 Å². The largest absolute Gasteiger partial charge is 0.456 e. The molecule has 6 nitrogen and oxygen atoms in total. The fourth-order valence-corrected chi connectivity index (χ4v) is 2.81. The molecule has 0 amide bonds. The Balaban J connectivity index is 1.74. The minimum Gasteiger partial charge on any atom is -0.456 e. The number of carbonyl (C=O) groups is 1. The molecule has 0 bridgehead atoms. The molecule has 1 aliphatic rings. The molecule has 0 atom stereocenters. The van der Waals surface area contributed by atoms with E-state index in [1.165, 1.54) is 4.68 Å². The van der Waals surface area contributed by atoms with E-state index in [0.29, 0.717) is 12.1 Å². The van der Waals surface area contributed by atoms with Crippen molar-refractivity contribution in [3.63, 3.8) is 0 Å². The number of rotatable bonds is 3. The lowest BCUT2D eigenvalue weighted by Crippen LogP contribution is -2.27. The number of esters is 1. The van der Waals surface area contributed by atoms with Crippen LogP contribution in [0.25, 0.3) is 0 Å². The van der Waals surface area contributed by atoms with Gasteiger partial charge in [-0.15, -0.1) is 0 Å². The molecule has 1 aromatic carbocycles. The second-order valence-corrected chi connectivity index (χ2v) is 7.16. The standard InChI is InChI=1S/C18H23N3O3/c1-18(2,3)24-16(22)14-9-7-13(8-10-14)12-21-17(23)20-11-5-4-6-15(20)19-21/h7-10H,4-6,11-12H2,1-3H3. The van der Waals surface area contributed by atoms with Crippen molar-refractivity contribution in [3.05, 3.63) is 51.7 Å². The Morgan fingerprint density at radius 1 is 1.21 bits per heavy atom. The van der Waals surface area contributed by atoms with E-state index in [1.807, 2.05) is 32.9 Å². The van der Waals surface area contributed by atoms with Gasteiger partial charge in [0.15, 0.2) is 0 Å². The highest BCUT2D eigenvalue weighted by molar-refractivity contribution is 5.89. The first kappa shape index (κ1) is 16.5. The minimum atomic E-state index is -0.515. The lowest BCUT2D eigenvalue weighted by atomic mass is 10.1. The summed E-state index contributed by atoms with van der Waals surface area (Å²) in [4.78, 5) is 24.4. The van der Waals surface area contributed by atoms with Gasteiger partial charge in [-0.3, -0.25) is 4.57 Å². The number of hydrogen-bond donors (Lipinski definition) is 0. The SMILES string of the molecule is CC(C)(C)OC(=O)c1ccc(Cn2nc3n(c2=O)CCCC3)cc1. The fourth-order valence-electron chi connectivity index (χ4n) is 2.81. The molecular weight excluding hydrogens is 306 g/mol. The van der Waals surface area contributed by atoms with Crippen LogP contribution in [-0.2, 0) is 24.2 Å². The zero-order valence-corrected chi connectivity index (χ0v) is 14.4. The van der Waals surface area contributed by atoms with Crippen LogP contribution in [0.15, 0.2) is 29.1 Å². The molecule has 0 N–H and O–H groups in total. The fraction of sp³-hybridized carbons (Fsp3) is 0.500. The van der Waals surface area contributed by atoms with E-state index in [1.54, 1.807) is 16.7 Å². The van der Waals surface area contributed by atoms with Gasteiger partial charge in [0.25, 0.3) is 0 Å². The summed E-state index contributed by atoms with van der Waals surface area (Å²) in [6.45, 7) is 6.68. The topological polar surface area (TPSA) is 66.1 Å². The van der Waals surface area contributed by atoms with Crippen molar-refractivity contribution < 1.29 is 9.53 Å². The van der Waals surface area contributed by atoms with Crippen LogP contribution in [0.5, 0.6) is 0 Å². The van der Waals surface area contributed by atoms with Crippen LogP contribution >= 0.6 is 0 Å². The Hall–Kier alpha value is -2.37. The summed E-state index contributed by atoms with van der Waals surface area (Å²) in [6.07, 6.45) is 2.98. The van der Waals surface area contributed by atoms with Gasteiger partial charge in [-0.25, -0.2) is 14.3 Å². The summed E-state index contributed by atoms with van der Waals surface area (Å²) >= 11 is 0. The predicted octanol–water partition coefficient (Wildman–Crippen LogP) is 2.38.